The van der Waals surface area contributed by atoms with Gasteiger partial charge in [0, 0.05) is 30.2 Å². The van der Waals surface area contributed by atoms with Crippen molar-refractivity contribution < 1.29 is 4.79 Å². The smallest absolute Gasteiger partial charge is 0.322 e. The number of rotatable bonds is 6. The van der Waals surface area contributed by atoms with Crippen molar-refractivity contribution in [1.82, 2.24) is 9.47 Å². The number of aromatic nitrogens is 1. The molecule has 28 heavy (non-hydrogen) atoms. The van der Waals surface area contributed by atoms with E-state index >= 15 is 0 Å². The summed E-state index contributed by atoms with van der Waals surface area (Å²) < 4.78 is 2.23. The lowest BCUT2D eigenvalue weighted by atomic mass is 10.1. The zero-order chi connectivity index (χ0) is 19.5. The first-order chi connectivity index (χ1) is 13.6. The average Bonchev–Trinajstić information content (AvgIpc) is 3.43. The molecular formula is C24H27N3O. The summed E-state index contributed by atoms with van der Waals surface area (Å²) in [4.78, 5) is 15.0. The number of carbonyl (C=O) groups is 1. The van der Waals surface area contributed by atoms with Crippen LogP contribution in [0.5, 0.6) is 0 Å². The van der Waals surface area contributed by atoms with Crippen molar-refractivity contribution in [3.63, 3.8) is 0 Å². The van der Waals surface area contributed by atoms with E-state index in [1.54, 1.807) is 0 Å². The van der Waals surface area contributed by atoms with Crippen LogP contribution in [-0.4, -0.2) is 21.5 Å². The van der Waals surface area contributed by atoms with E-state index in [1.165, 1.54) is 11.1 Å². The summed E-state index contributed by atoms with van der Waals surface area (Å²) in [6.45, 7) is 5.55. The summed E-state index contributed by atoms with van der Waals surface area (Å²) >= 11 is 0. The van der Waals surface area contributed by atoms with E-state index in [0.717, 1.165) is 36.3 Å². The van der Waals surface area contributed by atoms with Gasteiger partial charge < -0.3 is 14.8 Å². The number of benzene rings is 2. The number of nitrogens with one attached hydrogen (secondary N) is 1. The molecule has 3 aromatic rings. The molecule has 0 saturated heterocycles. The van der Waals surface area contributed by atoms with Gasteiger partial charge in [0.15, 0.2) is 0 Å². The highest BCUT2D eigenvalue weighted by molar-refractivity contribution is 5.90. The predicted molar refractivity (Wildman–Crippen MR) is 113 cm³/mol. The van der Waals surface area contributed by atoms with Crippen LogP contribution in [0.4, 0.5) is 10.5 Å². The molecule has 0 aliphatic heterocycles. The minimum Gasteiger partial charge on any atom is -0.345 e. The molecule has 2 amide bonds. The Morgan fingerprint density at radius 1 is 1.07 bits per heavy atom. The zero-order valence-corrected chi connectivity index (χ0v) is 16.6. The molecule has 0 atom stereocenters. The molecule has 1 heterocycles. The van der Waals surface area contributed by atoms with Crippen molar-refractivity contribution in [1.29, 1.82) is 0 Å². The van der Waals surface area contributed by atoms with Gasteiger partial charge in [-0.15, -0.1) is 0 Å². The third kappa shape index (κ3) is 4.28. The van der Waals surface area contributed by atoms with Crippen molar-refractivity contribution in [3.05, 3.63) is 89.2 Å². The minimum atomic E-state index is -0.0121. The van der Waals surface area contributed by atoms with Crippen LogP contribution in [0.2, 0.25) is 0 Å². The number of aryl methyl sites for hydroxylation is 2. The maximum absolute atomic E-state index is 13.0. The van der Waals surface area contributed by atoms with E-state index in [-0.39, 0.29) is 6.03 Å². The summed E-state index contributed by atoms with van der Waals surface area (Å²) in [7, 11) is 0. The maximum Gasteiger partial charge on any atom is 0.322 e. The van der Waals surface area contributed by atoms with Crippen molar-refractivity contribution in [2.45, 2.75) is 45.8 Å². The van der Waals surface area contributed by atoms with Gasteiger partial charge in [0.1, 0.15) is 0 Å². The Bertz CT molecular complexity index is 957. The van der Waals surface area contributed by atoms with Crippen molar-refractivity contribution >= 4 is 11.7 Å². The van der Waals surface area contributed by atoms with Gasteiger partial charge in [-0.1, -0.05) is 48.0 Å². The minimum absolute atomic E-state index is 0.0121. The molecule has 0 bridgehead atoms. The molecule has 1 saturated carbocycles. The topological polar surface area (TPSA) is 37.3 Å². The molecule has 1 aliphatic carbocycles. The molecule has 0 spiro atoms. The summed E-state index contributed by atoms with van der Waals surface area (Å²) in [5.41, 5.74) is 5.61. The average molecular weight is 374 g/mol. The molecule has 1 fully saturated rings. The van der Waals surface area contributed by atoms with E-state index in [4.69, 9.17) is 0 Å². The first-order valence-electron chi connectivity index (χ1n) is 9.93. The molecule has 144 valence electrons. The summed E-state index contributed by atoms with van der Waals surface area (Å²) in [6.07, 6.45) is 4.26. The van der Waals surface area contributed by atoms with Gasteiger partial charge in [-0.3, -0.25) is 0 Å². The first-order valence-corrected chi connectivity index (χ1v) is 9.93. The fraction of sp³-hybridized carbons (Fsp3) is 0.292. The standard InChI is InChI=1S/C24H27N3O/c1-18-10-13-23(19(2)15-18)25-24(28)27(21-11-12-21)17-22-9-6-14-26(22)16-20-7-4-3-5-8-20/h3-10,13-15,21H,11-12,16-17H2,1-2H3,(H,25,28). The van der Waals surface area contributed by atoms with Crippen LogP contribution in [0.1, 0.15) is 35.2 Å². The fourth-order valence-electron chi connectivity index (χ4n) is 3.60. The SMILES string of the molecule is Cc1ccc(NC(=O)N(Cc2cccn2Cc2ccccc2)C2CC2)c(C)c1. The van der Waals surface area contributed by atoms with Gasteiger partial charge >= 0.3 is 6.03 Å². The molecule has 1 aromatic heterocycles. The number of anilines is 1. The maximum atomic E-state index is 13.0. The Balaban J connectivity index is 1.49. The van der Waals surface area contributed by atoms with Crippen LogP contribution in [0.3, 0.4) is 0 Å². The monoisotopic (exact) mass is 373 g/mol. The quantitative estimate of drug-likeness (QED) is 0.621. The van der Waals surface area contributed by atoms with E-state index in [2.05, 4.69) is 65.5 Å². The lowest BCUT2D eigenvalue weighted by Gasteiger charge is -2.24. The molecule has 0 unspecified atom stereocenters. The van der Waals surface area contributed by atoms with Gasteiger partial charge in [-0.25, -0.2) is 4.79 Å². The van der Waals surface area contributed by atoms with Gasteiger partial charge in [0.2, 0.25) is 0 Å². The van der Waals surface area contributed by atoms with Crippen LogP contribution in [0, 0.1) is 13.8 Å². The second kappa shape index (κ2) is 7.93. The second-order valence-electron chi connectivity index (χ2n) is 7.72. The lowest BCUT2D eigenvalue weighted by Crippen LogP contribution is -2.37. The number of amides is 2. The van der Waals surface area contributed by atoms with Crippen LogP contribution in [-0.2, 0) is 13.1 Å². The van der Waals surface area contributed by atoms with Gasteiger partial charge in [-0.05, 0) is 56.0 Å². The highest BCUT2D eigenvalue weighted by atomic mass is 16.2. The molecule has 4 heteroatoms. The molecular weight excluding hydrogens is 346 g/mol. The van der Waals surface area contributed by atoms with E-state index in [1.807, 2.05) is 30.0 Å². The number of urea groups is 1. The number of hydrogen-bond acceptors (Lipinski definition) is 1. The summed E-state index contributed by atoms with van der Waals surface area (Å²) in [5, 5.41) is 3.12. The number of hydrogen-bond donors (Lipinski definition) is 1. The van der Waals surface area contributed by atoms with Crippen LogP contribution in [0.15, 0.2) is 66.9 Å². The lowest BCUT2D eigenvalue weighted by molar-refractivity contribution is 0.204. The van der Waals surface area contributed by atoms with Crippen LogP contribution >= 0.6 is 0 Å². The normalized spacial score (nSPS) is 13.4. The number of carbonyl (C=O) groups excluding carboxylic acids is 1. The Labute approximate surface area is 166 Å². The van der Waals surface area contributed by atoms with E-state index < -0.39 is 0 Å². The third-order valence-corrected chi connectivity index (χ3v) is 5.32. The second-order valence-corrected chi connectivity index (χ2v) is 7.72. The Morgan fingerprint density at radius 3 is 2.57 bits per heavy atom. The zero-order valence-electron chi connectivity index (χ0n) is 16.6. The third-order valence-electron chi connectivity index (χ3n) is 5.32. The summed E-state index contributed by atoms with van der Waals surface area (Å²) in [5.74, 6) is 0. The molecule has 4 rings (SSSR count). The Morgan fingerprint density at radius 2 is 1.86 bits per heavy atom. The largest absolute Gasteiger partial charge is 0.345 e. The molecule has 1 N–H and O–H groups in total. The van der Waals surface area contributed by atoms with Gasteiger partial charge in [0.25, 0.3) is 0 Å². The molecule has 2 aromatic carbocycles. The summed E-state index contributed by atoms with van der Waals surface area (Å²) in [6, 6.07) is 21.1. The first kappa shape index (κ1) is 18.4. The Kier molecular flexibility index (Phi) is 5.20. The highest BCUT2D eigenvalue weighted by Crippen LogP contribution is 2.29. The van der Waals surface area contributed by atoms with E-state index in [9.17, 15) is 4.79 Å². The Hall–Kier alpha value is -3.01. The molecule has 0 radical (unpaired) electrons. The van der Waals surface area contributed by atoms with Crippen LogP contribution < -0.4 is 5.32 Å². The van der Waals surface area contributed by atoms with Crippen molar-refractivity contribution in [2.75, 3.05) is 5.32 Å². The number of nitrogens with zero attached hydrogens (tertiary/aromatic N) is 2. The van der Waals surface area contributed by atoms with E-state index in [0.29, 0.717) is 12.6 Å². The van der Waals surface area contributed by atoms with Crippen molar-refractivity contribution in [2.24, 2.45) is 0 Å². The fourth-order valence-corrected chi connectivity index (χ4v) is 3.60. The molecule has 1 aliphatic rings. The molecule has 4 nitrogen and oxygen atoms in total. The van der Waals surface area contributed by atoms with Gasteiger partial charge in [0.05, 0.1) is 6.54 Å². The van der Waals surface area contributed by atoms with Gasteiger partial charge in [-0.2, -0.15) is 0 Å². The highest BCUT2D eigenvalue weighted by Gasteiger charge is 2.33. The predicted octanol–water partition coefficient (Wildman–Crippen LogP) is 5.35. The van der Waals surface area contributed by atoms with Crippen LogP contribution in [0.25, 0.3) is 0 Å². The van der Waals surface area contributed by atoms with Crippen molar-refractivity contribution in [3.8, 4) is 0 Å².